The van der Waals surface area contributed by atoms with E-state index in [1.807, 2.05) is 24.3 Å². The second-order valence-electron chi connectivity index (χ2n) is 6.07. The summed E-state index contributed by atoms with van der Waals surface area (Å²) >= 11 is 0. The molecule has 1 aromatic rings. The molecule has 2 rings (SSSR count). The highest BCUT2D eigenvalue weighted by molar-refractivity contribution is 5.81. The lowest BCUT2D eigenvalue weighted by Crippen LogP contribution is -2.44. The van der Waals surface area contributed by atoms with Gasteiger partial charge in [0.2, 0.25) is 0 Å². The van der Waals surface area contributed by atoms with Crippen molar-refractivity contribution in [3.05, 3.63) is 35.4 Å². The van der Waals surface area contributed by atoms with Crippen LogP contribution in [0.4, 0.5) is 0 Å². The zero-order valence-corrected chi connectivity index (χ0v) is 11.3. The Bertz CT molecular complexity index is 437. The SMILES string of the molecule is CC(C)(C)c1ccc([C@]2(C(=O)O)CCCN2)cc1. The Morgan fingerprint density at radius 2 is 1.89 bits per heavy atom. The minimum Gasteiger partial charge on any atom is -0.480 e. The van der Waals surface area contributed by atoms with E-state index in [0.717, 1.165) is 18.5 Å². The summed E-state index contributed by atoms with van der Waals surface area (Å²) in [5, 5.41) is 12.6. The summed E-state index contributed by atoms with van der Waals surface area (Å²) < 4.78 is 0. The van der Waals surface area contributed by atoms with Crippen molar-refractivity contribution in [2.45, 2.75) is 44.6 Å². The third-order valence-corrected chi connectivity index (χ3v) is 3.76. The van der Waals surface area contributed by atoms with Crippen molar-refractivity contribution >= 4 is 5.97 Å². The number of nitrogens with one attached hydrogen (secondary N) is 1. The lowest BCUT2D eigenvalue weighted by atomic mass is 9.83. The summed E-state index contributed by atoms with van der Waals surface area (Å²) in [4.78, 5) is 11.5. The molecule has 0 aromatic heterocycles. The highest BCUT2D eigenvalue weighted by atomic mass is 16.4. The van der Waals surface area contributed by atoms with Crippen LogP contribution < -0.4 is 5.32 Å². The van der Waals surface area contributed by atoms with Gasteiger partial charge in [0.1, 0.15) is 5.54 Å². The Hall–Kier alpha value is -1.35. The molecule has 1 heterocycles. The lowest BCUT2D eigenvalue weighted by molar-refractivity contribution is -0.144. The highest BCUT2D eigenvalue weighted by Gasteiger charge is 2.42. The molecule has 1 aromatic carbocycles. The predicted molar refractivity (Wildman–Crippen MR) is 71.7 cm³/mol. The first-order chi connectivity index (χ1) is 8.36. The van der Waals surface area contributed by atoms with Crippen molar-refractivity contribution in [3.8, 4) is 0 Å². The van der Waals surface area contributed by atoms with Gasteiger partial charge in [-0.05, 0) is 35.9 Å². The number of hydrogen-bond donors (Lipinski definition) is 2. The molecule has 98 valence electrons. The van der Waals surface area contributed by atoms with E-state index < -0.39 is 11.5 Å². The molecular weight excluding hydrogens is 226 g/mol. The van der Waals surface area contributed by atoms with E-state index in [9.17, 15) is 9.90 Å². The zero-order valence-electron chi connectivity index (χ0n) is 11.3. The van der Waals surface area contributed by atoms with Crippen LogP contribution in [0.1, 0.15) is 44.7 Å². The molecule has 1 aliphatic heterocycles. The molecule has 0 amide bonds. The van der Waals surface area contributed by atoms with Crippen LogP contribution >= 0.6 is 0 Å². The molecule has 18 heavy (non-hydrogen) atoms. The molecule has 3 nitrogen and oxygen atoms in total. The van der Waals surface area contributed by atoms with E-state index in [-0.39, 0.29) is 5.41 Å². The van der Waals surface area contributed by atoms with E-state index in [1.54, 1.807) is 0 Å². The summed E-state index contributed by atoms with van der Waals surface area (Å²) in [7, 11) is 0. The van der Waals surface area contributed by atoms with Crippen LogP contribution in [0.5, 0.6) is 0 Å². The summed E-state index contributed by atoms with van der Waals surface area (Å²) in [6.07, 6.45) is 1.57. The van der Waals surface area contributed by atoms with E-state index in [1.165, 1.54) is 5.56 Å². The first-order valence-electron chi connectivity index (χ1n) is 6.46. The van der Waals surface area contributed by atoms with Gasteiger partial charge >= 0.3 is 5.97 Å². The third kappa shape index (κ3) is 2.15. The average Bonchev–Trinajstić information content (AvgIpc) is 2.78. The standard InChI is InChI=1S/C15H21NO2/c1-14(2,3)11-5-7-12(8-6-11)15(13(17)18)9-4-10-16-15/h5-8,16H,4,9-10H2,1-3H3,(H,17,18)/t15-/m0/s1. The first-order valence-corrected chi connectivity index (χ1v) is 6.46. The summed E-state index contributed by atoms with van der Waals surface area (Å²) in [5.41, 5.74) is 1.30. The van der Waals surface area contributed by atoms with Crippen LogP contribution in [0.3, 0.4) is 0 Å². The molecule has 1 saturated heterocycles. The molecule has 1 atom stereocenters. The molecule has 0 bridgehead atoms. The maximum absolute atomic E-state index is 11.5. The number of benzene rings is 1. The lowest BCUT2D eigenvalue weighted by Gasteiger charge is -2.26. The molecule has 0 aliphatic carbocycles. The molecule has 0 spiro atoms. The Morgan fingerprint density at radius 3 is 2.28 bits per heavy atom. The first kappa shape index (κ1) is 13.1. The Balaban J connectivity index is 2.36. The Labute approximate surface area is 108 Å². The highest BCUT2D eigenvalue weighted by Crippen LogP contribution is 2.32. The van der Waals surface area contributed by atoms with Crippen LogP contribution in [0.15, 0.2) is 24.3 Å². The van der Waals surface area contributed by atoms with Gasteiger partial charge in [-0.15, -0.1) is 0 Å². The van der Waals surface area contributed by atoms with Crippen LogP contribution in [0.25, 0.3) is 0 Å². The van der Waals surface area contributed by atoms with Crippen molar-refractivity contribution in [1.29, 1.82) is 0 Å². The molecular formula is C15H21NO2. The topological polar surface area (TPSA) is 49.3 Å². The van der Waals surface area contributed by atoms with Crippen LogP contribution in [-0.2, 0) is 15.7 Å². The van der Waals surface area contributed by atoms with Crippen LogP contribution in [0, 0.1) is 0 Å². The van der Waals surface area contributed by atoms with Gasteiger partial charge in [-0.2, -0.15) is 0 Å². The van der Waals surface area contributed by atoms with Crippen molar-refractivity contribution in [1.82, 2.24) is 5.32 Å². The van der Waals surface area contributed by atoms with Gasteiger partial charge < -0.3 is 5.11 Å². The van der Waals surface area contributed by atoms with Gasteiger partial charge in [0, 0.05) is 0 Å². The smallest absolute Gasteiger partial charge is 0.328 e. The van der Waals surface area contributed by atoms with Gasteiger partial charge in [-0.25, -0.2) is 4.79 Å². The maximum Gasteiger partial charge on any atom is 0.328 e. The average molecular weight is 247 g/mol. The number of carboxylic acid groups (broad SMARTS) is 1. The molecule has 0 saturated carbocycles. The molecule has 0 radical (unpaired) electrons. The largest absolute Gasteiger partial charge is 0.480 e. The summed E-state index contributed by atoms with van der Waals surface area (Å²) in [6, 6.07) is 7.99. The number of carboxylic acids is 1. The predicted octanol–water partition coefficient (Wildman–Crippen LogP) is 2.65. The second kappa shape index (κ2) is 4.39. The molecule has 0 unspecified atom stereocenters. The quantitative estimate of drug-likeness (QED) is 0.844. The van der Waals surface area contributed by atoms with Crippen molar-refractivity contribution < 1.29 is 9.90 Å². The van der Waals surface area contributed by atoms with Gasteiger partial charge in [-0.3, -0.25) is 5.32 Å². The fraction of sp³-hybridized carbons (Fsp3) is 0.533. The van der Waals surface area contributed by atoms with E-state index >= 15 is 0 Å². The van der Waals surface area contributed by atoms with Crippen molar-refractivity contribution in [3.63, 3.8) is 0 Å². The fourth-order valence-electron chi connectivity index (χ4n) is 2.55. The summed E-state index contributed by atoms with van der Waals surface area (Å²) in [5.74, 6) is -0.775. The van der Waals surface area contributed by atoms with E-state index in [4.69, 9.17) is 0 Å². The minimum atomic E-state index is -0.879. The van der Waals surface area contributed by atoms with Crippen LogP contribution in [-0.4, -0.2) is 17.6 Å². The minimum absolute atomic E-state index is 0.0953. The maximum atomic E-state index is 11.5. The number of aliphatic carboxylic acids is 1. The number of hydrogen-bond acceptors (Lipinski definition) is 2. The molecule has 1 aliphatic rings. The van der Waals surface area contributed by atoms with Gasteiger partial charge in [-0.1, -0.05) is 45.0 Å². The second-order valence-corrected chi connectivity index (χ2v) is 6.07. The monoisotopic (exact) mass is 247 g/mol. The van der Waals surface area contributed by atoms with Crippen LogP contribution in [0.2, 0.25) is 0 Å². The molecule has 1 fully saturated rings. The molecule has 3 heteroatoms. The van der Waals surface area contributed by atoms with Gasteiger partial charge in [0.05, 0.1) is 0 Å². The normalized spacial score (nSPS) is 24.2. The van der Waals surface area contributed by atoms with E-state index in [2.05, 4.69) is 26.1 Å². The third-order valence-electron chi connectivity index (χ3n) is 3.76. The summed E-state index contributed by atoms with van der Waals surface area (Å²) in [6.45, 7) is 7.24. The molecule has 2 N–H and O–H groups in total. The van der Waals surface area contributed by atoms with Gasteiger partial charge in [0.25, 0.3) is 0 Å². The Morgan fingerprint density at radius 1 is 1.28 bits per heavy atom. The number of carbonyl (C=O) groups is 1. The van der Waals surface area contributed by atoms with Gasteiger partial charge in [0.15, 0.2) is 0 Å². The number of rotatable bonds is 2. The Kier molecular flexibility index (Phi) is 3.20. The zero-order chi connectivity index (χ0) is 13.4. The van der Waals surface area contributed by atoms with E-state index in [0.29, 0.717) is 6.42 Å². The van der Waals surface area contributed by atoms with Crippen molar-refractivity contribution in [2.75, 3.05) is 6.54 Å². The van der Waals surface area contributed by atoms with Crippen molar-refractivity contribution in [2.24, 2.45) is 0 Å². The fourth-order valence-corrected chi connectivity index (χ4v) is 2.55.